The van der Waals surface area contributed by atoms with Crippen LogP contribution in [0.4, 0.5) is 9.18 Å². The predicted octanol–water partition coefficient (Wildman–Crippen LogP) is 3.74. The Labute approximate surface area is 166 Å². The highest BCUT2D eigenvalue weighted by molar-refractivity contribution is 7.98. The van der Waals surface area contributed by atoms with Crippen molar-refractivity contribution >= 4 is 29.4 Å². The average molecular weight is 411 g/mol. The zero-order valence-corrected chi connectivity index (χ0v) is 16.4. The van der Waals surface area contributed by atoms with E-state index in [1.54, 1.807) is 16.7 Å². The van der Waals surface area contributed by atoms with Crippen LogP contribution in [0, 0.1) is 5.82 Å². The van der Waals surface area contributed by atoms with E-state index in [2.05, 4.69) is 15.3 Å². The number of amides is 2. The Morgan fingerprint density at radius 1 is 1.37 bits per heavy atom. The van der Waals surface area contributed by atoms with Crippen LogP contribution in [0.2, 0.25) is 5.02 Å². The molecule has 0 bridgehead atoms. The third-order valence-corrected chi connectivity index (χ3v) is 5.37. The summed E-state index contributed by atoms with van der Waals surface area (Å²) in [6.07, 6.45) is 5.37. The van der Waals surface area contributed by atoms with E-state index in [1.165, 1.54) is 0 Å². The number of likely N-dealkylation sites (tertiary alicyclic amines) is 1. The van der Waals surface area contributed by atoms with Crippen molar-refractivity contribution in [3.05, 3.63) is 47.0 Å². The largest absolute Gasteiger partial charge is 0.460 e. The van der Waals surface area contributed by atoms with Crippen molar-refractivity contribution in [3.8, 4) is 6.01 Å². The molecule has 1 aliphatic heterocycles. The first-order valence-electron chi connectivity index (χ1n) is 8.54. The molecule has 1 N–H and O–H groups in total. The molecule has 1 aromatic carbocycles. The molecule has 9 heteroatoms. The topological polar surface area (TPSA) is 67.4 Å². The second-order valence-electron chi connectivity index (χ2n) is 6.10. The lowest BCUT2D eigenvalue weighted by Crippen LogP contribution is -2.46. The van der Waals surface area contributed by atoms with Gasteiger partial charge in [0.1, 0.15) is 6.10 Å². The minimum atomic E-state index is -0.503. The Kier molecular flexibility index (Phi) is 6.73. The summed E-state index contributed by atoms with van der Waals surface area (Å²) in [6.45, 7) is 1.51. The second-order valence-corrected chi connectivity index (χ2v) is 7.39. The molecular formula is C18H20ClFN4O2S. The predicted molar refractivity (Wildman–Crippen MR) is 103 cm³/mol. The van der Waals surface area contributed by atoms with Gasteiger partial charge in [0.05, 0.1) is 12.4 Å². The van der Waals surface area contributed by atoms with Crippen molar-refractivity contribution < 1.29 is 13.9 Å². The van der Waals surface area contributed by atoms with Gasteiger partial charge < -0.3 is 15.0 Å². The minimum Gasteiger partial charge on any atom is -0.460 e. The van der Waals surface area contributed by atoms with Gasteiger partial charge in [-0.2, -0.15) is 0 Å². The molecule has 3 rings (SSSR count). The maximum Gasteiger partial charge on any atom is 0.317 e. The molecule has 6 nitrogen and oxygen atoms in total. The number of rotatable bonds is 5. The molecule has 1 aliphatic rings. The Bertz CT molecular complexity index is 785. The Balaban J connectivity index is 1.45. The van der Waals surface area contributed by atoms with Gasteiger partial charge in [-0.25, -0.2) is 19.2 Å². The molecule has 2 aromatic rings. The summed E-state index contributed by atoms with van der Waals surface area (Å²) >= 11 is 7.87. The van der Waals surface area contributed by atoms with E-state index in [0.717, 1.165) is 22.9 Å². The summed E-state index contributed by atoms with van der Waals surface area (Å²) in [5.41, 5.74) is 0.884. The fourth-order valence-electron chi connectivity index (χ4n) is 2.77. The Morgan fingerprint density at radius 2 is 2.07 bits per heavy atom. The van der Waals surface area contributed by atoms with Crippen molar-refractivity contribution in [2.24, 2.45) is 0 Å². The fourth-order valence-corrected chi connectivity index (χ4v) is 3.52. The van der Waals surface area contributed by atoms with Crippen LogP contribution >= 0.6 is 23.4 Å². The van der Waals surface area contributed by atoms with Gasteiger partial charge in [-0.15, -0.1) is 11.8 Å². The van der Waals surface area contributed by atoms with E-state index in [-0.39, 0.29) is 18.1 Å². The molecule has 1 saturated heterocycles. The van der Waals surface area contributed by atoms with Gasteiger partial charge in [-0.05, 0) is 24.0 Å². The molecule has 0 saturated carbocycles. The zero-order valence-electron chi connectivity index (χ0n) is 14.8. The van der Waals surface area contributed by atoms with Crippen molar-refractivity contribution in [3.63, 3.8) is 0 Å². The molecule has 0 aliphatic carbocycles. The van der Waals surface area contributed by atoms with Crippen LogP contribution < -0.4 is 10.1 Å². The van der Waals surface area contributed by atoms with Gasteiger partial charge in [-0.3, -0.25) is 0 Å². The number of urea groups is 1. The number of thioether (sulfide) groups is 1. The molecule has 0 unspecified atom stereocenters. The molecule has 2 amide bonds. The third-order valence-electron chi connectivity index (χ3n) is 4.29. The highest BCUT2D eigenvalue weighted by atomic mass is 35.5. The van der Waals surface area contributed by atoms with Gasteiger partial charge in [-0.1, -0.05) is 17.7 Å². The van der Waals surface area contributed by atoms with E-state index in [0.29, 0.717) is 37.5 Å². The SMILES string of the molecule is CSc1ccc(CNC(=O)N2CCC(Oc3ncc(F)cn3)CC2)c(Cl)c1. The number of hydrogen-bond acceptors (Lipinski definition) is 5. The normalized spacial score (nSPS) is 14.9. The number of halogens is 2. The summed E-state index contributed by atoms with van der Waals surface area (Å²) in [6, 6.07) is 5.84. The van der Waals surface area contributed by atoms with Gasteiger partial charge in [0.15, 0.2) is 5.82 Å². The standard InChI is InChI=1S/C18H20ClFN4O2S/c1-27-15-3-2-12(16(19)8-15)9-23-18(25)24-6-4-14(5-7-24)26-17-21-10-13(20)11-22-17/h2-3,8,10-11,14H,4-7,9H2,1H3,(H,23,25). The lowest BCUT2D eigenvalue weighted by Gasteiger charge is -2.31. The molecule has 27 heavy (non-hydrogen) atoms. The van der Waals surface area contributed by atoms with Crippen LogP contribution in [0.1, 0.15) is 18.4 Å². The zero-order chi connectivity index (χ0) is 19.2. The van der Waals surface area contributed by atoms with E-state index >= 15 is 0 Å². The highest BCUT2D eigenvalue weighted by Crippen LogP contribution is 2.23. The lowest BCUT2D eigenvalue weighted by molar-refractivity contribution is 0.103. The first-order valence-corrected chi connectivity index (χ1v) is 10.1. The van der Waals surface area contributed by atoms with E-state index < -0.39 is 5.82 Å². The molecule has 2 heterocycles. The highest BCUT2D eigenvalue weighted by Gasteiger charge is 2.24. The fraction of sp³-hybridized carbons (Fsp3) is 0.389. The van der Waals surface area contributed by atoms with Crippen LogP contribution in [-0.2, 0) is 6.54 Å². The molecule has 0 atom stereocenters. The molecular weight excluding hydrogens is 391 g/mol. The first kappa shape index (κ1) is 19.7. The molecule has 144 valence electrons. The number of hydrogen-bond donors (Lipinski definition) is 1. The van der Waals surface area contributed by atoms with Gasteiger partial charge >= 0.3 is 12.0 Å². The summed E-state index contributed by atoms with van der Waals surface area (Å²) in [7, 11) is 0. The minimum absolute atomic E-state index is 0.0898. The van der Waals surface area contributed by atoms with Crippen molar-refractivity contribution in [2.75, 3.05) is 19.3 Å². The monoisotopic (exact) mass is 410 g/mol. The Hall–Kier alpha value is -2.06. The number of nitrogens with one attached hydrogen (secondary N) is 1. The van der Waals surface area contributed by atoms with Crippen molar-refractivity contribution in [2.45, 2.75) is 30.4 Å². The maximum atomic E-state index is 12.8. The second kappa shape index (κ2) is 9.23. The lowest BCUT2D eigenvalue weighted by atomic mass is 10.1. The number of aromatic nitrogens is 2. The average Bonchev–Trinajstić information content (AvgIpc) is 2.69. The quantitative estimate of drug-likeness (QED) is 0.760. The Morgan fingerprint density at radius 3 is 2.70 bits per heavy atom. The summed E-state index contributed by atoms with van der Waals surface area (Å²) in [5, 5.41) is 3.55. The number of piperidine rings is 1. The smallest absolute Gasteiger partial charge is 0.317 e. The third kappa shape index (κ3) is 5.46. The van der Waals surface area contributed by atoms with Crippen LogP contribution in [-0.4, -0.2) is 46.3 Å². The van der Waals surface area contributed by atoms with E-state index in [1.807, 2.05) is 24.5 Å². The van der Waals surface area contributed by atoms with Gasteiger partial charge in [0.2, 0.25) is 0 Å². The first-order chi connectivity index (χ1) is 13.0. The number of benzene rings is 1. The van der Waals surface area contributed by atoms with Crippen LogP contribution in [0.3, 0.4) is 0 Å². The number of ether oxygens (including phenoxy) is 1. The van der Waals surface area contributed by atoms with Crippen LogP contribution in [0.15, 0.2) is 35.5 Å². The molecule has 0 spiro atoms. The summed E-state index contributed by atoms with van der Waals surface area (Å²) in [4.78, 5) is 22.8. The summed E-state index contributed by atoms with van der Waals surface area (Å²) < 4.78 is 18.5. The van der Waals surface area contributed by atoms with Crippen molar-refractivity contribution in [1.29, 1.82) is 0 Å². The van der Waals surface area contributed by atoms with Crippen molar-refractivity contribution in [1.82, 2.24) is 20.2 Å². The maximum absolute atomic E-state index is 12.8. The number of carbonyl (C=O) groups is 1. The van der Waals surface area contributed by atoms with Crippen LogP contribution in [0.5, 0.6) is 6.01 Å². The van der Waals surface area contributed by atoms with Gasteiger partial charge in [0.25, 0.3) is 0 Å². The van der Waals surface area contributed by atoms with E-state index in [4.69, 9.17) is 16.3 Å². The molecule has 1 aromatic heterocycles. The number of carbonyl (C=O) groups excluding carboxylic acids is 1. The van der Waals surface area contributed by atoms with Gasteiger partial charge in [0, 0.05) is 42.4 Å². The summed E-state index contributed by atoms with van der Waals surface area (Å²) in [5.74, 6) is -0.503. The van der Waals surface area contributed by atoms with E-state index in [9.17, 15) is 9.18 Å². The molecule has 0 radical (unpaired) electrons. The number of nitrogens with zero attached hydrogens (tertiary/aromatic N) is 3. The molecule has 1 fully saturated rings. The van der Waals surface area contributed by atoms with Crippen LogP contribution in [0.25, 0.3) is 0 Å².